The predicted octanol–water partition coefficient (Wildman–Crippen LogP) is 4.29. The number of hydrogen-bond acceptors (Lipinski definition) is 5. The Balaban J connectivity index is 1.89. The Morgan fingerprint density at radius 1 is 1.14 bits per heavy atom. The first-order chi connectivity index (χ1) is 17.5. The monoisotopic (exact) mass is 549 g/mol. The number of sulfonamides is 1. The lowest BCUT2D eigenvalue weighted by Crippen LogP contribution is -2.52. The quantitative estimate of drug-likeness (QED) is 0.477. The first kappa shape index (κ1) is 28.8. The van der Waals surface area contributed by atoms with Gasteiger partial charge in [-0.15, -0.1) is 0 Å². The minimum atomic E-state index is -3.82. The summed E-state index contributed by atoms with van der Waals surface area (Å²) in [7, 11) is -2.27. The molecule has 10 heteroatoms. The second-order valence-electron chi connectivity index (χ2n) is 9.60. The van der Waals surface area contributed by atoms with E-state index in [0.717, 1.165) is 53.8 Å². The molecule has 0 radical (unpaired) electrons. The van der Waals surface area contributed by atoms with E-state index in [-0.39, 0.29) is 24.2 Å². The third kappa shape index (κ3) is 7.85. The minimum Gasteiger partial charge on any atom is -0.497 e. The summed E-state index contributed by atoms with van der Waals surface area (Å²) in [6, 6.07) is 11.3. The molecule has 1 fully saturated rings. The Labute approximate surface area is 225 Å². The fourth-order valence-electron chi connectivity index (χ4n) is 4.47. The van der Waals surface area contributed by atoms with Crippen molar-refractivity contribution in [1.82, 2.24) is 10.2 Å². The van der Waals surface area contributed by atoms with E-state index in [1.54, 1.807) is 44.4 Å². The van der Waals surface area contributed by atoms with Gasteiger partial charge < -0.3 is 15.0 Å². The van der Waals surface area contributed by atoms with Gasteiger partial charge >= 0.3 is 0 Å². The maximum Gasteiger partial charge on any atom is 0.244 e. The summed E-state index contributed by atoms with van der Waals surface area (Å²) in [5, 5.41) is 3.48. The lowest BCUT2D eigenvalue weighted by molar-refractivity contribution is -0.139. The molecule has 1 saturated carbocycles. The zero-order valence-corrected chi connectivity index (χ0v) is 23.4. The molecule has 0 heterocycles. The van der Waals surface area contributed by atoms with Crippen LogP contribution in [0.1, 0.15) is 50.2 Å². The molecule has 1 aliphatic carbocycles. The molecular formula is C27H36ClN3O5S. The predicted molar refractivity (Wildman–Crippen MR) is 146 cm³/mol. The van der Waals surface area contributed by atoms with Crippen LogP contribution in [0.25, 0.3) is 0 Å². The highest BCUT2D eigenvalue weighted by molar-refractivity contribution is 7.92. The van der Waals surface area contributed by atoms with Crippen LogP contribution in [-0.2, 0) is 26.2 Å². The van der Waals surface area contributed by atoms with Crippen LogP contribution in [-0.4, -0.2) is 57.1 Å². The molecule has 2 amide bonds. The number of amides is 2. The van der Waals surface area contributed by atoms with Gasteiger partial charge in [-0.1, -0.05) is 49.1 Å². The van der Waals surface area contributed by atoms with E-state index in [0.29, 0.717) is 10.8 Å². The molecule has 202 valence electrons. The zero-order chi connectivity index (χ0) is 27.2. The molecule has 3 rings (SSSR count). The highest BCUT2D eigenvalue weighted by atomic mass is 35.5. The third-order valence-electron chi connectivity index (χ3n) is 6.73. The zero-order valence-electron chi connectivity index (χ0n) is 21.9. The lowest BCUT2D eigenvalue weighted by Gasteiger charge is -2.33. The third-order valence-corrected chi connectivity index (χ3v) is 8.28. The van der Waals surface area contributed by atoms with E-state index in [9.17, 15) is 18.0 Å². The number of carbonyl (C=O) groups excluding carboxylic acids is 2. The number of halogens is 1. The number of anilines is 1. The van der Waals surface area contributed by atoms with Gasteiger partial charge in [0.25, 0.3) is 0 Å². The van der Waals surface area contributed by atoms with Crippen molar-refractivity contribution in [2.45, 2.75) is 64.6 Å². The first-order valence-electron chi connectivity index (χ1n) is 12.5. The molecule has 1 N–H and O–H groups in total. The molecule has 2 aromatic carbocycles. The molecule has 2 aromatic rings. The van der Waals surface area contributed by atoms with Crippen molar-refractivity contribution < 1.29 is 22.7 Å². The molecule has 0 saturated heterocycles. The number of methoxy groups -OCH3 is 1. The van der Waals surface area contributed by atoms with Crippen molar-refractivity contribution in [1.29, 1.82) is 0 Å². The smallest absolute Gasteiger partial charge is 0.244 e. The maximum absolute atomic E-state index is 13.7. The van der Waals surface area contributed by atoms with Crippen molar-refractivity contribution >= 4 is 39.1 Å². The Hall–Kier alpha value is -2.78. The van der Waals surface area contributed by atoms with Crippen LogP contribution in [0, 0.1) is 6.92 Å². The standard InChI is InChI=1S/C27H36ClN3O5S/c1-19-13-14-23(16-25(19)28)31(37(4,34)35)18-26(32)30(17-21-9-8-12-24(15-21)36-3)20(2)27(33)29-22-10-6-5-7-11-22/h8-9,12-16,20,22H,5-7,10-11,17-18H2,1-4H3,(H,29,33). The van der Waals surface area contributed by atoms with Gasteiger partial charge in [-0.2, -0.15) is 0 Å². The van der Waals surface area contributed by atoms with Crippen LogP contribution >= 0.6 is 11.6 Å². The molecule has 8 nitrogen and oxygen atoms in total. The van der Waals surface area contributed by atoms with E-state index in [4.69, 9.17) is 16.3 Å². The summed E-state index contributed by atoms with van der Waals surface area (Å²) in [6.07, 6.45) is 6.16. The Morgan fingerprint density at radius 3 is 2.46 bits per heavy atom. The average molecular weight is 550 g/mol. The van der Waals surface area contributed by atoms with Gasteiger partial charge in [0.2, 0.25) is 21.8 Å². The normalized spacial score (nSPS) is 15.1. The van der Waals surface area contributed by atoms with E-state index < -0.39 is 28.5 Å². The summed E-state index contributed by atoms with van der Waals surface area (Å²) in [4.78, 5) is 28.3. The van der Waals surface area contributed by atoms with Crippen molar-refractivity contribution in [2.24, 2.45) is 0 Å². The summed E-state index contributed by atoms with van der Waals surface area (Å²) >= 11 is 6.25. The summed E-state index contributed by atoms with van der Waals surface area (Å²) < 4.78 is 31.8. The van der Waals surface area contributed by atoms with Gasteiger partial charge in [-0.25, -0.2) is 8.42 Å². The number of nitrogens with zero attached hydrogens (tertiary/aromatic N) is 2. The van der Waals surface area contributed by atoms with Crippen molar-refractivity contribution in [2.75, 3.05) is 24.2 Å². The maximum atomic E-state index is 13.7. The Kier molecular flexibility index (Phi) is 9.84. The number of carbonyl (C=O) groups is 2. The van der Waals surface area contributed by atoms with Gasteiger partial charge in [0.1, 0.15) is 18.3 Å². The second-order valence-corrected chi connectivity index (χ2v) is 11.9. The fraction of sp³-hybridized carbons (Fsp3) is 0.481. The lowest BCUT2D eigenvalue weighted by atomic mass is 9.95. The molecule has 1 unspecified atom stereocenters. The van der Waals surface area contributed by atoms with Crippen molar-refractivity contribution in [3.63, 3.8) is 0 Å². The minimum absolute atomic E-state index is 0.0830. The number of nitrogens with one attached hydrogen (secondary N) is 1. The number of benzene rings is 2. The van der Waals surface area contributed by atoms with E-state index in [1.807, 2.05) is 13.0 Å². The highest BCUT2D eigenvalue weighted by Gasteiger charge is 2.31. The number of aryl methyl sites for hydroxylation is 1. The van der Waals surface area contributed by atoms with Gasteiger partial charge in [0, 0.05) is 17.6 Å². The Morgan fingerprint density at radius 2 is 1.84 bits per heavy atom. The second kappa shape index (κ2) is 12.6. The van der Waals surface area contributed by atoms with Crippen LogP contribution < -0.4 is 14.4 Å². The molecular weight excluding hydrogens is 514 g/mol. The summed E-state index contributed by atoms with van der Waals surface area (Å²) in [5.74, 6) is -0.139. The number of rotatable bonds is 10. The molecule has 1 atom stereocenters. The Bertz CT molecular complexity index is 1210. The summed E-state index contributed by atoms with van der Waals surface area (Å²) in [6.45, 7) is 3.12. The van der Waals surface area contributed by atoms with Crippen LogP contribution in [0.3, 0.4) is 0 Å². The van der Waals surface area contributed by atoms with E-state index in [1.165, 1.54) is 11.0 Å². The SMILES string of the molecule is COc1cccc(CN(C(=O)CN(c2ccc(C)c(Cl)c2)S(C)(=O)=O)C(C)C(=O)NC2CCCCC2)c1. The van der Waals surface area contributed by atoms with Crippen LogP contribution in [0.4, 0.5) is 5.69 Å². The van der Waals surface area contributed by atoms with E-state index in [2.05, 4.69) is 5.32 Å². The van der Waals surface area contributed by atoms with Crippen molar-refractivity contribution in [3.8, 4) is 5.75 Å². The van der Waals surface area contributed by atoms with Gasteiger partial charge in [0.05, 0.1) is 19.1 Å². The average Bonchev–Trinajstić information content (AvgIpc) is 2.87. The first-order valence-corrected chi connectivity index (χ1v) is 14.7. The van der Waals surface area contributed by atoms with Gasteiger partial charge in [0.15, 0.2) is 0 Å². The van der Waals surface area contributed by atoms with Crippen LogP contribution in [0.5, 0.6) is 5.75 Å². The molecule has 0 aliphatic heterocycles. The summed E-state index contributed by atoms with van der Waals surface area (Å²) in [5.41, 5.74) is 1.83. The largest absolute Gasteiger partial charge is 0.497 e. The number of hydrogen-bond donors (Lipinski definition) is 1. The number of ether oxygens (including phenoxy) is 1. The molecule has 0 spiro atoms. The van der Waals surface area contributed by atoms with Gasteiger partial charge in [-0.05, 0) is 62.1 Å². The fourth-order valence-corrected chi connectivity index (χ4v) is 5.49. The van der Waals surface area contributed by atoms with E-state index >= 15 is 0 Å². The van der Waals surface area contributed by atoms with Crippen LogP contribution in [0.2, 0.25) is 5.02 Å². The topological polar surface area (TPSA) is 96.0 Å². The van der Waals surface area contributed by atoms with Crippen molar-refractivity contribution in [3.05, 3.63) is 58.6 Å². The molecule has 37 heavy (non-hydrogen) atoms. The highest BCUT2D eigenvalue weighted by Crippen LogP contribution is 2.26. The molecule has 0 aromatic heterocycles. The van der Waals surface area contributed by atoms with Gasteiger partial charge in [-0.3, -0.25) is 13.9 Å². The molecule has 1 aliphatic rings. The molecule has 0 bridgehead atoms. The van der Waals surface area contributed by atoms with Crippen LogP contribution in [0.15, 0.2) is 42.5 Å².